The molecular weight excluding hydrogens is 2140 g/mol. The minimum Gasteiger partial charge on any atom is -1.00 e. The first-order valence-electron chi connectivity index (χ1n) is 41.5. The van der Waals surface area contributed by atoms with Crippen LogP contribution in [0.2, 0.25) is 0 Å². The molecular formula is C67H168Br2N7O42P13. The van der Waals surface area contributed by atoms with Gasteiger partial charge in [-0.2, -0.15) is 0 Å². The zero-order valence-electron chi connectivity index (χ0n) is 79.5. The van der Waals surface area contributed by atoms with Crippen molar-refractivity contribution in [3.05, 3.63) is 12.4 Å². The van der Waals surface area contributed by atoms with Crippen LogP contribution in [0.1, 0.15) is 155 Å². The molecule has 0 unspecified atom stereocenters. The molecule has 0 aliphatic carbocycles. The van der Waals surface area contributed by atoms with E-state index < -0.39 is 147 Å². The van der Waals surface area contributed by atoms with E-state index in [9.17, 15) is 138 Å². The van der Waals surface area contributed by atoms with Crippen molar-refractivity contribution in [3.8, 4) is 0 Å². The zero-order valence-corrected chi connectivity index (χ0v) is 94.3. The van der Waals surface area contributed by atoms with Crippen molar-refractivity contribution in [1.82, 2.24) is 19.6 Å². The number of aliphatic hydroxyl groups excluding tert-OH is 2. The van der Waals surface area contributed by atoms with Crippen LogP contribution in [0.25, 0.3) is 0 Å². The first-order valence-corrected chi connectivity index (χ1v) is 63.5. The molecule has 0 heterocycles. The molecule has 0 spiro atoms. The standard InChI is InChI=1S/C27H62N2O12P4.C12H29NO6P2.C11H27NO7P2.C10H28N2O12P4.C4H9O3P.C3H9NO.2BrH.H2O/c1-4-5-6-7-8-9-10-11-12-13-14-15-16-17-18-19-22-29(2,3)23-20-21-28(24-26(42(30,31)32)43(33,34)35)25-27(44(36,37)38)45(39,40)41;1-6-7-8-13(9-11-20(14,16-2)17-3)10-12-21(15,18-4)19-5;1-16-20(14,17-2)10-7-12(6-5-9-13)8-11-21(15,18-3)19-4;1-12(2,3)6-4-5-11(7-9(25(13,14)15)26(16,17)18)8-10(27(19,20)21)28(22,23)24;1-4-8(5,6-2)7-3;4-2-1-3-5;;;/h26-27H,4-25H2,1-3H3,(H7-,30,31,32,33,34,35,36,37,38,39,40,41);6-12H2,1-5H3;13H,5-11H2,1-4H3;9-10H,4-8H2,1-3H3,(H7-,13,14,15,16,17,18,19,20,21,22,23,24);4H,1H2,2-3H3;5H,1-4H2;2*1H;1H2. The molecule has 0 aliphatic heterocycles. The van der Waals surface area contributed by atoms with Crippen LogP contribution in [0, 0.1) is 0 Å². The predicted molar refractivity (Wildman–Crippen MR) is 500 cm³/mol. The molecule has 0 aromatic rings. The number of hydrogen-bond acceptors (Lipinski definition) is 30. The normalized spacial score (nSPS) is 13.2. The van der Waals surface area contributed by atoms with Gasteiger partial charge in [0.15, 0.2) is 21.6 Å². The SMILES string of the molecule is C=CP(=O)(OC)OC.CCCCCCCCCCCCCCCCCC[N+](C)(C)CCCN(CC(P(=O)(O)O)P(=O)(O)O)CC(P(=O)(O)O)P(=O)(O)O.CCCCN(CCP(=O)(OC)OC)CCP(=O)(OC)OC.COP(=O)(CCN(CCCO)CCP(=O)(OC)OC)OC.C[N+](C)(C)CCCN(CC(P(=O)(O)O)P(=O)(O)O)CC(P(=O)(O)O)P(=O)(O)O.NCCCO.O.[Br-].[Br-]. The number of rotatable bonds is 72. The Morgan fingerprint density at radius 3 is 0.679 bits per heavy atom. The van der Waals surface area contributed by atoms with Crippen LogP contribution in [0.3, 0.4) is 0 Å². The highest BCUT2D eigenvalue weighted by molar-refractivity contribution is 7.72. The first-order chi connectivity index (χ1) is 58.5. The van der Waals surface area contributed by atoms with Gasteiger partial charge in [-0.05, 0) is 45.2 Å². The van der Waals surface area contributed by atoms with Gasteiger partial charge in [0.1, 0.15) is 0 Å². The molecule has 0 rings (SSSR count). The maximum Gasteiger partial charge on any atom is 0.353 e. The number of nitrogens with two attached hydrogens (primary N) is 1. The highest BCUT2D eigenvalue weighted by Crippen LogP contribution is 2.64. The smallest absolute Gasteiger partial charge is 0.353 e. The number of unbranched alkanes of at least 4 members (excludes halogenated alkanes) is 16. The van der Waals surface area contributed by atoms with E-state index in [4.69, 9.17) is 52.1 Å². The molecule has 0 fully saturated rings. The van der Waals surface area contributed by atoms with Gasteiger partial charge in [0, 0.05) is 175 Å². The van der Waals surface area contributed by atoms with Crippen LogP contribution in [0.4, 0.5) is 0 Å². The van der Waals surface area contributed by atoms with Crippen molar-refractivity contribution < 1.29 is 241 Å². The Labute approximate surface area is 798 Å². The van der Waals surface area contributed by atoms with Crippen LogP contribution < -0.4 is 39.7 Å². The molecule has 0 aromatic carbocycles. The summed E-state index contributed by atoms with van der Waals surface area (Å²) in [5, 5.41) is 6.89. The lowest BCUT2D eigenvalue weighted by Crippen LogP contribution is -3.00. The molecule has 0 atom stereocenters. The molecule has 0 radical (unpaired) electrons. The summed E-state index contributed by atoms with van der Waals surface area (Å²) >= 11 is 0. The maximum atomic E-state index is 12.1. The van der Waals surface area contributed by atoms with E-state index in [0.29, 0.717) is 80.1 Å². The third kappa shape index (κ3) is 81.2. The third-order valence-corrected chi connectivity index (χ3v) is 43.1. The van der Waals surface area contributed by atoms with Gasteiger partial charge in [0.2, 0.25) is 0 Å². The lowest BCUT2D eigenvalue weighted by atomic mass is 10.0. The highest BCUT2D eigenvalue weighted by atomic mass is 79.9. The molecule has 0 aromatic heterocycles. The topological polar surface area (TPSA) is 749 Å². The molecule has 0 bridgehead atoms. The fourth-order valence-electron chi connectivity index (χ4n) is 11.5. The fraction of sp³-hybridized carbons (Fsp3) is 0.970. The summed E-state index contributed by atoms with van der Waals surface area (Å²) in [6.45, 7) is 9.32. The van der Waals surface area contributed by atoms with Gasteiger partial charge < -0.3 is 198 Å². The molecule has 0 saturated heterocycles. The number of halogens is 2. The predicted octanol–water partition coefficient (Wildman–Crippen LogP) is 2.96. The van der Waals surface area contributed by atoms with E-state index >= 15 is 0 Å². The molecule has 802 valence electrons. The highest BCUT2D eigenvalue weighted by Gasteiger charge is 2.50. The van der Waals surface area contributed by atoms with Crippen LogP contribution in [0.5, 0.6) is 0 Å². The lowest BCUT2D eigenvalue weighted by molar-refractivity contribution is -0.890. The van der Waals surface area contributed by atoms with Crippen LogP contribution >= 0.6 is 98.7 Å². The second-order valence-corrected chi connectivity index (χ2v) is 59.2. The average molecular weight is 2310 g/mol. The second-order valence-electron chi connectivity index (χ2n) is 31.4. The Morgan fingerprint density at radius 2 is 0.504 bits per heavy atom. The van der Waals surface area contributed by atoms with Gasteiger partial charge >= 0.3 is 98.7 Å². The van der Waals surface area contributed by atoms with Gasteiger partial charge in [0.05, 0.1) is 79.5 Å². The number of aliphatic hydroxyl groups is 2. The Kier molecular flexibility index (Phi) is 89.5. The first kappa shape index (κ1) is 151. The van der Waals surface area contributed by atoms with E-state index in [2.05, 4.69) is 34.4 Å². The van der Waals surface area contributed by atoms with E-state index in [0.717, 1.165) is 67.2 Å². The summed E-state index contributed by atoms with van der Waals surface area (Å²) < 4.78 is 201. The number of nitrogens with zero attached hydrogens (tertiary/aromatic N) is 6. The number of quaternary nitrogens is 2. The lowest BCUT2D eigenvalue weighted by Gasteiger charge is -2.34. The summed E-state index contributed by atoms with van der Waals surface area (Å²) in [6.07, 6.45) is 25.2. The van der Waals surface area contributed by atoms with Gasteiger partial charge in [0.25, 0.3) is 0 Å². The molecule has 0 saturated carbocycles. The zero-order chi connectivity index (χ0) is 101. The third-order valence-electron chi connectivity index (χ3n) is 19.5. The van der Waals surface area contributed by atoms with Crippen molar-refractivity contribution in [2.75, 3.05) is 249 Å². The molecule has 22 N–H and O–H groups in total. The van der Waals surface area contributed by atoms with Crippen LogP contribution in [-0.2, 0) is 105 Å². The Balaban J connectivity index is -0.000000214. The molecule has 0 aliphatic rings. The Morgan fingerprint density at radius 1 is 0.298 bits per heavy atom. The van der Waals surface area contributed by atoms with Gasteiger partial charge in [-0.15, -0.1) is 0 Å². The van der Waals surface area contributed by atoms with E-state index in [1.54, 1.807) is 0 Å². The van der Waals surface area contributed by atoms with Crippen molar-refractivity contribution >= 4 is 98.7 Å². The van der Waals surface area contributed by atoms with E-state index in [-0.39, 0.29) is 90.9 Å². The average Bonchev–Trinajstić information content (AvgIpc) is 0.808. The quantitative estimate of drug-likeness (QED) is 0.0236. The van der Waals surface area contributed by atoms with Gasteiger partial charge in [-0.3, -0.25) is 69.1 Å². The minimum atomic E-state index is -5.38. The molecule has 64 heteroatoms. The summed E-state index contributed by atoms with van der Waals surface area (Å²) in [5.74, 6) is 1.16. The maximum absolute atomic E-state index is 12.1. The van der Waals surface area contributed by atoms with E-state index in [1.165, 1.54) is 155 Å². The Bertz CT molecular complexity index is 3200. The van der Waals surface area contributed by atoms with Crippen LogP contribution in [0.15, 0.2) is 12.4 Å². The molecule has 49 nitrogen and oxygen atoms in total. The molecule has 131 heavy (non-hydrogen) atoms. The Hall–Kier alpha value is 2.25. The van der Waals surface area contributed by atoms with Crippen molar-refractivity contribution in [3.63, 3.8) is 0 Å². The second kappa shape index (κ2) is 77.7. The van der Waals surface area contributed by atoms with Crippen molar-refractivity contribution in [1.29, 1.82) is 0 Å². The summed E-state index contributed by atoms with van der Waals surface area (Å²) in [5.41, 5.74) is 4.98. The summed E-state index contributed by atoms with van der Waals surface area (Å²) in [7, 11) is -35.1. The summed E-state index contributed by atoms with van der Waals surface area (Å²) in [4.78, 5) is 156. The van der Waals surface area contributed by atoms with Crippen molar-refractivity contribution in [2.24, 2.45) is 5.73 Å². The van der Waals surface area contributed by atoms with E-state index in [1.807, 2.05) is 40.1 Å². The minimum absolute atomic E-state index is 0. The monoisotopic (exact) mass is 2300 g/mol. The largest absolute Gasteiger partial charge is 1.00 e. The summed E-state index contributed by atoms with van der Waals surface area (Å²) in [6, 6.07) is 0. The number of hydrogen-bond donors (Lipinski definition) is 19. The van der Waals surface area contributed by atoms with Gasteiger partial charge in [-0.1, -0.05) is 117 Å². The van der Waals surface area contributed by atoms with Crippen molar-refractivity contribution in [2.45, 2.75) is 177 Å². The molecule has 0 amide bonds. The fourth-order valence-corrected chi connectivity index (χ4v) is 25.9. The van der Waals surface area contributed by atoms with Crippen LogP contribution in [-0.4, -0.2) is 393 Å². The van der Waals surface area contributed by atoms with Gasteiger partial charge in [-0.25, -0.2) is 0 Å².